The molecule has 1 unspecified atom stereocenters. The summed E-state index contributed by atoms with van der Waals surface area (Å²) in [5.41, 5.74) is 4.19. The van der Waals surface area contributed by atoms with Crippen molar-refractivity contribution in [3.63, 3.8) is 0 Å². The predicted octanol–water partition coefficient (Wildman–Crippen LogP) is 2.17. The molecule has 5 nitrogen and oxygen atoms in total. The van der Waals surface area contributed by atoms with E-state index in [0.717, 1.165) is 16.8 Å². The fraction of sp³-hybridized carbons (Fsp3) is 0.214. The van der Waals surface area contributed by atoms with E-state index in [0.29, 0.717) is 11.3 Å². The highest BCUT2D eigenvalue weighted by atomic mass is 19.1. The fourth-order valence-electron chi connectivity index (χ4n) is 2.41. The van der Waals surface area contributed by atoms with Crippen molar-refractivity contribution < 1.29 is 8.81 Å². The van der Waals surface area contributed by atoms with E-state index < -0.39 is 0 Å². The van der Waals surface area contributed by atoms with E-state index in [4.69, 9.17) is 10.3 Å². The monoisotopic (exact) mass is 274 g/mol. The van der Waals surface area contributed by atoms with Crippen LogP contribution in [0.15, 0.2) is 35.0 Å². The highest BCUT2D eigenvalue weighted by Gasteiger charge is 2.24. The van der Waals surface area contributed by atoms with Gasteiger partial charge in [0, 0.05) is 30.4 Å². The number of fused-ring (bicyclic) bond motifs is 1. The van der Waals surface area contributed by atoms with Gasteiger partial charge in [0.25, 0.3) is 0 Å². The van der Waals surface area contributed by atoms with E-state index in [-0.39, 0.29) is 11.9 Å². The largest absolute Gasteiger partial charge is 0.459 e. The summed E-state index contributed by atoms with van der Waals surface area (Å²) in [5.74, 6) is 6.73. The number of benzene rings is 1. The number of rotatable bonds is 3. The molecule has 0 bridgehead atoms. The van der Waals surface area contributed by atoms with Gasteiger partial charge < -0.3 is 8.98 Å². The van der Waals surface area contributed by atoms with Crippen molar-refractivity contribution in [2.24, 2.45) is 12.9 Å². The summed E-state index contributed by atoms with van der Waals surface area (Å²) >= 11 is 0. The molecular formula is C14H15FN4O. The average molecular weight is 274 g/mol. The van der Waals surface area contributed by atoms with Crippen LogP contribution in [0.4, 0.5) is 4.39 Å². The number of aryl methyl sites for hydroxylation is 2. The lowest BCUT2D eigenvalue weighted by molar-refractivity contribution is 0.453. The van der Waals surface area contributed by atoms with Crippen LogP contribution < -0.4 is 11.3 Å². The van der Waals surface area contributed by atoms with Crippen LogP contribution in [0.25, 0.3) is 11.0 Å². The molecule has 0 aliphatic rings. The van der Waals surface area contributed by atoms with Crippen molar-refractivity contribution in [1.29, 1.82) is 0 Å². The number of hydrogen-bond acceptors (Lipinski definition) is 4. The third-order valence-corrected chi connectivity index (χ3v) is 3.48. The Bertz CT molecular complexity index is 762. The molecule has 3 aromatic rings. The van der Waals surface area contributed by atoms with E-state index in [1.165, 1.54) is 12.1 Å². The first kappa shape index (κ1) is 12.8. The first-order chi connectivity index (χ1) is 9.61. The minimum atomic E-state index is -0.384. The third kappa shape index (κ3) is 1.90. The molecule has 0 aliphatic heterocycles. The van der Waals surface area contributed by atoms with Crippen LogP contribution >= 0.6 is 0 Å². The highest BCUT2D eigenvalue weighted by molar-refractivity contribution is 5.82. The molecule has 0 fully saturated rings. The minimum Gasteiger partial charge on any atom is -0.459 e. The third-order valence-electron chi connectivity index (χ3n) is 3.48. The highest BCUT2D eigenvalue weighted by Crippen LogP contribution is 2.32. The van der Waals surface area contributed by atoms with E-state index >= 15 is 0 Å². The molecule has 20 heavy (non-hydrogen) atoms. The number of nitrogens with two attached hydrogens (primary N) is 1. The molecule has 0 aliphatic carbocycles. The van der Waals surface area contributed by atoms with Crippen molar-refractivity contribution in [3.05, 3.63) is 53.6 Å². The summed E-state index contributed by atoms with van der Waals surface area (Å²) in [4.78, 5) is 4.28. The molecule has 2 heterocycles. The van der Waals surface area contributed by atoms with Gasteiger partial charge in [0.15, 0.2) is 0 Å². The van der Waals surface area contributed by atoms with E-state index in [1.54, 1.807) is 12.3 Å². The summed E-state index contributed by atoms with van der Waals surface area (Å²) < 4.78 is 21.0. The van der Waals surface area contributed by atoms with E-state index in [1.807, 2.05) is 24.7 Å². The SMILES string of the molecule is Cc1c(C(NN)c2nccn2C)oc2ccc(F)cc12. The number of furan rings is 1. The van der Waals surface area contributed by atoms with Crippen LogP contribution in [0.1, 0.15) is 23.2 Å². The van der Waals surface area contributed by atoms with Crippen LogP contribution in [0.3, 0.4) is 0 Å². The molecule has 3 rings (SSSR count). The van der Waals surface area contributed by atoms with E-state index in [9.17, 15) is 4.39 Å². The van der Waals surface area contributed by atoms with Gasteiger partial charge in [-0.15, -0.1) is 0 Å². The molecule has 6 heteroatoms. The average Bonchev–Trinajstić information content (AvgIpc) is 2.98. The maximum absolute atomic E-state index is 13.3. The maximum Gasteiger partial charge on any atom is 0.137 e. The Morgan fingerprint density at radius 1 is 1.45 bits per heavy atom. The molecule has 1 atom stereocenters. The first-order valence-electron chi connectivity index (χ1n) is 6.23. The number of imidazole rings is 1. The molecule has 0 saturated carbocycles. The zero-order valence-electron chi connectivity index (χ0n) is 11.2. The predicted molar refractivity (Wildman–Crippen MR) is 73.3 cm³/mol. The van der Waals surface area contributed by atoms with Crippen molar-refractivity contribution >= 4 is 11.0 Å². The summed E-state index contributed by atoms with van der Waals surface area (Å²) in [7, 11) is 1.88. The topological polar surface area (TPSA) is 69.0 Å². The zero-order valence-corrected chi connectivity index (χ0v) is 11.2. The number of nitrogens with zero attached hydrogens (tertiary/aromatic N) is 2. The molecule has 3 N–H and O–H groups in total. The van der Waals surface area contributed by atoms with Crippen LogP contribution in [-0.4, -0.2) is 9.55 Å². The van der Waals surface area contributed by atoms with Gasteiger partial charge in [0.05, 0.1) is 0 Å². The molecule has 0 saturated heterocycles. The lowest BCUT2D eigenvalue weighted by atomic mass is 10.1. The number of halogens is 1. The van der Waals surface area contributed by atoms with Gasteiger partial charge in [-0.2, -0.15) is 0 Å². The Hall–Kier alpha value is -2.18. The van der Waals surface area contributed by atoms with Crippen molar-refractivity contribution in [1.82, 2.24) is 15.0 Å². The molecular weight excluding hydrogens is 259 g/mol. The minimum absolute atomic E-state index is 0.290. The first-order valence-corrected chi connectivity index (χ1v) is 6.23. The van der Waals surface area contributed by atoms with Crippen LogP contribution in [0.2, 0.25) is 0 Å². The Morgan fingerprint density at radius 3 is 2.90 bits per heavy atom. The summed E-state index contributed by atoms with van der Waals surface area (Å²) in [6.45, 7) is 1.88. The van der Waals surface area contributed by atoms with Crippen molar-refractivity contribution in [2.75, 3.05) is 0 Å². The Labute approximate surface area is 115 Å². The molecule has 0 spiro atoms. The number of hydrogen-bond donors (Lipinski definition) is 2. The quantitative estimate of drug-likeness (QED) is 0.567. The van der Waals surface area contributed by atoms with Gasteiger partial charge in [0.1, 0.15) is 29.0 Å². The lowest BCUT2D eigenvalue weighted by Gasteiger charge is -2.14. The van der Waals surface area contributed by atoms with Gasteiger partial charge in [0.2, 0.25) is 0 Å². The second kappa shape index (κ2) is 4.73. The van der Waals surface area contributed by atoms with Crippen LogP contribution in [-0.2, 0) is 7.05 Å². The van der Waals surface area contributed by atoms with Crippen molar-refractivity contribution in [3.8, 4) is 0 Å². The summed E-state index contributed by atoms with van der Waals surface area (Å²) in [6, 6.07) is 4.07. The van der Waals surface area contributed by atoms with Gasteiger partial charge in [-0.3, -0.25) is 5.84 Å². The Morgan fingerprint density at radius 2 is 2.25 bits per heavy atom. The number of hydrazine groups is 1. The van der Waals surface area contributed by atoms with Crippen molar-refractivity contribution in [2.45, 2.75) is 13.0 Å². The molecule has 1 aromatic carbocycles. The lowest BCUT2D eigenvalue weighted by Crippen LogP contribution is -2.31. The van der Waals surface area contributed by atoms with E-state index in [2.05, 4.69) is 10.4 Å². The van der Waals surface area contributed by atoms with Gasteiger partial charge in [-0.05, 0) is 25.1 Å². The zero-order chi connectivity index (χ0) is 14.3. The maximum atomic E-state index is 13.3. The molecule has 0 amide bonds. The Kier molecular flexibility index (Phi) is 3.04. The second-order valence-corrected chi connectivity index (χ2v) is 4.73. The molecule has 2 aromatic heterocycles. The standard InChI is InChI=1S/C14H15FN4O/c1-8-10-7-9(15)3-4-11(10)20-13(8)12(18-16)14-17-5-6-19(14)2/h3-7,12,18H,16H2,1-2H3. The fourth-order valence-corrected chi connectivity index (χ4v) is 2.41. The summed E-state index contributed by atoms with van der Waals surface area (Å²) in [6.07, 6.45) is 3.52. The Balaban J connectivity index is 2.18. The van der Waals surface area contributed by atoms with Crippen LogP contribution in [0.5, 0.6) is 0 Å². The molecule has 104 valence electrons. The number of aromatic nitrogens is 2. The number of nitrogens with one attached hydrogen (secondary N) is 1. The van der Waals surface area contributed by atoms with Gasteiger partial charge in [-0.1, -0.05) is 0 Å². The second-order valence-electron chi connectivity index (χ2n) is 4.73. The van der Waals surface area contributed by atoms with Crippen LogP contribution in [0, 0.1) is 12.7 Å². The smallest absolute Gasteiger partial charge is 0.137 e. The van der Waals surface area contributed by atoms with Gasteiger partial charge >= 0.3 is 0 Å². The molecule has 0 radical (unpaired) electrons. The summed E-state index contributed by atoms with van der Waals surface area (Å²) in [5, 5.41) is 0.745. The normalized spacial score (nSPS) is 13.0. The van der Waals surface area contributed by atoms with Gasteiger partial charge in [-0.25, -0.2) is 14.8 Å².